The van der Waals surface area contributed by atoms with Gasteiger partial charge in [-0.3, -0.25) is 4.79 Å². The Morgan fingerprint density at radius 2 is 1.43 bits per heavy atom. The molecule has 0 spiro atoms. The molecule has 9 heteroatoms. The Balaban J connectivity index is 1.26. The highest BCUT2D eigenvalue weighted by Gasteiger charge is 2.27. The molecule has 4 rings (SSSR count). The number of unbranched alkanes of at least 4 members (excludes halogenated alkanes) is 2. The molecule has 44 heavy (non-hydrogen) atoms. The van der Waals surface area contributed by atoms with Gasteiger partial charge in [0.25, 0.3) is 0 Å². The van der Waals surface area contributed by atoms with Crippen molar-refractivity contribution in [1.82, 2.24) is 0 Å². The number of ether oxygens (including phenoxy) is 5. The number of rotatable bonds is 16. The van der Waals surface area contributed by atoms with E-state index in [9.17, 15) is 18.8 Å². The molecule has 0 amide bonds. The third-order valence-corrected chi connectivity index (χ3v) is 7.09. The quantitative estimate of drug-likeness (QED) is 0.0548. The maximum absolute atomic E-state index is 13.0. The summed E-state index contributed by atoms with van der Waals surface area (Å²) in [6.07, 6.45) is 4.24. The van der Waals surface area contributed by atoms with Gasteiger partial charge in [-0.2, -0.15) is 4.39 Å². The number of carbonyl (C=O) groups is 3. The number of hydrogen-bond acceptors (Lipinski definition) is 8. The number of benzene rings is 3. The van der Waals surface area contributed by atoms with Crippen molar-refractivity contribution in [3.05, 3.63) is 103 Å². The van der Waals surface area contributed by atoms with Crippen LogP contribution in [0, 0.1) is 0 Å². The summed E-state index contributed by atoms with van der Waals surface area (Å²) in [5.41, 5.74) is 4.66. The number of carbonyl (C=O) groups excluding carboxylic acids is 3. The van der Waals surface area contributed by atoms with Crippen LogP contribution in [0.1, 0.15) is 66.4 Å². The molecule has 0 fully saturated rings. The lowest BCUT2D eigenvalue weighted by atomic mass is 9.98. The van der Waals surface area contributed by atoms with Crippen LogP contribution in [0.3, 0.4) is 0 Å². The average Bonchev–Trinajstić information content (AvgIpc) is 3.29. The zero-order valence-electron chi connectivity index (χ0n) is 24.6. The number of esters is 3. The third kappa shape index (κ3) is 8.56. The average molecular weight is 603 g/mol. The topological polar surface area (TPSA) is 97.4 Å². The highest BCUT2D eigenvalue weighted by Crippen LogP contribution is 2.46. The van der Waals surface area contributed by atoms with Gasteiger partial charge in [-0.25, -0.2) is 9.59 Å². The van der Waals surface area contributed by atoms with E-state index in [-0.39, 0.29) is 18.5 Å². The molecule has 0 N–H and O–H groups in total. The molecule has 1 unspecified atom stereocenters. The van der Waals surface area contributed by atoms with Gasteiger partial charge in [0, 0.05) is 18.8 Å². The molecule has 3 aromatic carbocycles. The Kier molecular flexibility index (Phi) is 11.3. The summed E-state index contributed by atoms with van der Waals surface area (Å²) in [7, 11) is 0. The van der Waals surface area contributed by atoms with Gasteiger partial charge in [-0.1, -0.05) is 32.2 Å². The molecule has 0 aromatic heterocycles. The molecule has 230 valence electrons. The second kappa shape index (κ2) is 15.5. The maximum atomic E-state index is 13.0. The van der Waals surface area contributed by atoms with Crippen LogP contribution >= 0.6 is 0 Å². The summed E-state index contributed by atoms with van der Waals surface area (Å²) < 4.78 is 39.3. The van der Waals surface area contributed by atoms with Crippen LogP contribution in [0.15, 0.2) is 85.9 Å². The van der Waals surface area contributed by atoms with Crippen molar-refractivity contribution >= 4 is 17.9 Å². The minimum Gasteiger partial charge on any atom is -0.494 e. The van der Waals surface area contributed by atoms with Crippen molar-refractivity contribution in [2.24, 2.45) is 0 Å². The van der Waals surface area contributed by atoms with Gasteiger partial charge in [0.05, 0.1) is 31.6 Å². The second-order valence-corrected chi connectivity index (χ2v) is 10.2. The van der Waals surface area contributed by atoms with E-state index >= 15 is 0 Å². The smallest absolute Gasteiger partial charge is 0.366 e. The first-order chi connectivity index (χ1) is 21.3. The van der Waals surface area contributed by atoms with Crippen molar-refractivity contribution in [2.75, 3.05) is 19.8 Å². The lowest BCUT2D eigenvalue weighted by Gasteiger charge is -2.11. The van der Waals surface area contributed by atoms with Crippen molar-refractivity contribution in [1.29, 1.82) is 0 Å². The van der Waals surface area contributed by atoms with Gasteiger partial charge < -0.3 is 23.7 Å². The fraction of sp³-hybridized carbons (Fsp3) is 0.286. The second-order valence-electron chi connectivity index (χ2n) is 10.2. The van der Waals surface area contributed by atoms with E-state index in [1.54, 1.807) is 30.3 Å². The predicted octanol–water partition coefficient (Wildman–Crippen LogP) is 7.46. The van der Waals surface area contributed by atoms with Crippen LogP contribution in [0.25, 0.3) is 11.1 Å². The molecule has 1 aliphatic carbocycles. The first-order valence-electron chi connectivity index (χ1n) is 14.4. The van der Waals surface area contributed by atoms with Gasteiger partial charge in [-0.05, 0) is 90.0 Å². The monoisotopic (exact) mass is 602 g/mol. The van der Waals surface area contributed by atoms with E-state index in [1.165, 1.54) is 0 Å². The van der Waals surface area contributed by atoms with Crippen LogP contribution in [-0.2, 0) is 19.1 Å². The van der Waals surface area contributed by atoms with E-state index in [1.807, 2.05) is 30.3 Å². The highest BCUT2D eigenvalue weighted by atomic mass is 19.1. The fourth-order valence-electron chi connectivity index (χ4n) is 4.85. The summed E-state index contributed by atoms with van der Waals surface area (Å²) in [6, 6.07) is 18.3. The van der Waals surface area contributed by atoms with Crippen LogP contribution in [0.4, 0.5) is 4.39 Å². The normalized spacial score (nSPS) is 12.8. The van der Waals surface area contributed by atoms with E-state index < -0.39 is 17.8 Å². The Morgan fingerprint density at radius 1 is 0.795 bits per heavy atom. The predicted molar refractivity (Wildman–Crippen MR) is 162 cm³/mol. The Bertz CT molecular complexity index is 1510. The largest absolute Gasteiger partial charge is 0.494 e. The van der Waals surface area contributed by atoms with Crippen molar-refractivity contribution in [2.45, 2.75) is 44.9 Å². The van der Waals surface area contributed by atoms with Gasteiger partial charge >= 0.3 is 17.9 Å². The molecule has 0 bridgehead atoms. The van der Waals surface area contributed by atoms with E-state index in [0.717, 1.165) is 47.8 Å². The molecular weight excluding hydrogens is 567 g/mol. The van der Waals surface area contributed by atoms with Crippen LogP contribution < -0.4 is 14.2 Å². The molecule has 3 aromatic rings. The Morgan fingerprint density at radius 3 is 2.16 bits per heavy atom. The first kappa shape index (κ1) is 32.0. The molecule has 8 nitrogen and oxygen atoms in total. The maximum Gasteiger partial charge on any atom is 0.366 e. The lowest BCUT2D eigenvalue weighted by molar-refractivity contribution is -0.141. The molecule has 1 atom stereocenters. The molecule has 0 heterocycles. The fourth-order valence-corrected chi connectivity index (χ4v) is 4.85. The first-order valence-corrected chi connectivity index (χ1v) is 14.4. The minimum atomic E-state index is -1.12. The Hall–Kier alpha value is -4.92. The Labute approximate surface area is 256 Å². The molecule has 0 saturated heterocycles. The van der Waals surface area contributed by atoms with Crippen molar-refractivity contribution in [3.8, 4) is 28.4 Å². The minimum absolute atomic E-state index is 0.0319. The highest BCUT2D eigenvalue weighted by molar-refractivity contribution is 5.93. The van der Waals surface area contributed by atoms with Crippen LogP contribution in [-0.4, -0.2) is 37.7 Å². The van der Waals surface area contributed by atoms with Crippen molar-refractivity contribution in [3.63, 3.8) is 0 Å². The summed E-state index contributed by atoms with van der Waals surface area (Å²) in [5.74, 6) is -1.16. The summed E-state index contributed by atoms with van der Waals surface area (Å²) in [5, 5.41) is 0. The standard InChI is InChI=1S/C35H35FO8/c1-4-40-33(37)9-6-5-7-18-41-26-11-13-27(14-12-26)44-35(39)25-10-16-29-30-17-15-28(22-32(30)23(2)31(29)21-25)42-19-8-20-43-34(38)24(3)36/h4,10-17,21-23H,1,3,5-9,18-20H2,2H3. The van der Waals surface area contributed by atoms with Crippen LogP contribution in [0.2, 0.25) is 0 Å². The molecule has 1 aliphatic rings. The summed E-state index contributed by atoms with van der Waals surface area (Å²) >= 11 is 0. The molecular formula is C35H35FO8. The zero-order valence-corrected chi connectivity index (χ0v) is 24.6. The third-order valence-electron chi connectivity index (χ3n) is 7.09. The number of hydrogen-bond donors (Lipinski definition) is 0. The van der Waals surface area contributed by atoms with Gasteiger partial charge in [0.2, 0.25) is 5.83 Å². The molecule has 0 saturated carbocycles. The molecule has 0 radical (unpaired) electrons. The van der Waals surface area contributed by atoms with Crippen LogP contribution in [0.5, 0.6) is 17.2 Å². The van der Waals surface area contributed by atoms with E-state index in [2.05, 4.69) is 24.8 Å². The SMILES string of the molecule is C=COC(=O)CCCCCOc1ccc(OC(=O)c2ccc3c(c2)C(C)c2cc(OCCCOC(=O)C(=C)F)ccc2-3)cc1. The van der Waals surface area contributed by atoms with Crippen molar-refractivity contribution < 1.29 is 42.5 Å². The zero-order chi connectivity index (χ0) is 31.5. The van der Waals surface area contributed by atoms with Gasteiger partial charge in [-0.15, -0.1) is 0 Å². The molecule has 0 aliphatic heterocycles. The summed E-state index contributed by atoms with van der Waals surface area (Å²) in [4.78, 5) is 35.4. The van der Waals surface area contributed by atoms with Gasteiger partial charge in [0.15, 0.2) is 0 Å². The number of fused-ring (bicyclic) bond motifs is 3. The summed E-state index contributed by atoms with van der Waals surface area (Å²) in [6.45, 7) is 9.17. The number of halogens is 1. The van der Waals surface area contributed by atoms with Gasteiger partial charge in [0.1, 0.15) is 17.2 Å². The lowest BCUT2D eigenvalue weighted by Crippen LogP contribution is -2.09. The van der Waals surface area contributed by atoms with E-state index in [4.69, 9.17) is 18.9 Å². The van der Waals surface area contributed by atoms with E-state index in [0.29, 0.717) is 48.9 Å².